The molecule has 0 rings (SSSR count). The Kier molecular flexibility index (Phi) is 7.36. The number of rotatable bonds is 4. The van der Waals surface area contributed by atoms with Gasteiger partial charge < -0.3 is 0 Å². The van der Waals surface area contributed by atoms with E-state index in [9.17, 15) is 0 Å². The lowest BCUT2D eigenvalue weighted by molar-refractivity contribution is 0.674. The molecule has 0 nitrogen and oxygen atoms in total. The highest BCUT2D eigenvalue weighted by Crippen LogP contribution is 1.99. The Balaban J connectivity index is 3.12. The molecule has 0 atom stereocenters. The Bertz CT molecular complexity index is 123. The Labute approximate surface area is 71.4 Å². The monoisotopic (exact) mass is 152 g/mol. The van der Waals surface area contributed by atoms with Gasteiger partial charge in [0.2, 0.25) is 0 Å². The van der Waals surface area contributed by atoms with Crippen LogP contribution in [-0.2, 0) is 0 Å². The van der Waals surface area contributed by atoms with Gasteiger partial charge in [0, 0.05) is 12.8 Å². The smallest absolute Gasteiger partial charge is 0.0112 e. The molecular weight excluding hydrogens is 132 g/mol. The molecule has 0 heterocycles. The van der Waals surface area contributed by atoms with Gasteiger partial charge in [0.25, 0.3) is 0 Å². The molecule has 0 radical (unpaired) electrons. The first-order valence-corrected chi connectivity index (χ1v) is 4.73. The van der Waals surface area contributed by atoms with Crippen molar-refractivity contribution in [3.63, 3.8) is 0 Å². The molecule has 0 unspecified atom stereocenters. The first-order chi connectivity index (χ1) is 5.27. The predicted molar refractivity (Wildman–Crippen MR) is 51.4 cm³/mol. The van der Waals surface area contributed by atoms with Gasteiger partial charge in [-0.25, -0.2) is 0 Å². The summed E-state index contributed by atoms with van der Waals surface area (Å²) < 4.78 is 0. The van der Waals surface area contributed by atoms with Gasteiger partial charge >= 0.3 is 0 Å². The molecule has 0 saturated carbocycles. The molecule has 64 valence electrons. The summed E-state index contributed by atoms with van der Waals surface area (Å²) in [7, 11) is 0. The van der Waals surface area contributed by atoms with Crippen molar-refractivity contribution in [2.24, 2.45) is 5.92 Å². The van der Waals surface area contributed by atoms with Crippen molar-refractivity contribution in [1.29, 1.82) is 0 Å². The van der Waals surface area contributed by atoms with E-state index in [1.165, 1.54) is 19.3 Å². The fourth-order valence-electron chi connectivity index (χ4n) is 0.828. The van der Waals surface area contributed by atoms with Gasteiger partial charge in [0.15, 0.2) is 0 Å². The van der Waals surface area contributed by atoms with E-state index in [4.69, 9.17) is 0 Å². The van der Waals surface area contributed by atoms with Crippen LogP contribution in [0.3, 0.4) is 0 Å². The van der Waals surface area contributed by atoms with Crippen LogP contribution >= 0.6 is 0 Å². The third-order valence-corrected chi connectivity index (χ3v) is 1.54. The molecule has 0 N–H and O–H groups in total. The molecule has 0 aromatic rings. The van der Waals surface area contributed by atoms with Crippen LogP contribution in [0.15, 0.2) is 0 Å². The maximum atomic E-state index is 3.20. The largest absolute Gasteiger partial charge is 0.103 e. The Hall–Kier alpha value is -0.440. The molecule has 0 aliphatic rings. The van der Waals surface area contributed by atoms with Crippen LogP contribution < -0.4 is 0 Å². The zero-order valence-corrected chi connectivity index (χ0v) is 8.11. The SMILES string of the molecule is CCCCCC#CCC(C)C. The van der Waals surface area contributed by atoms with Crippen molar-refractivity contribution >= 4 is 0 Å². The average molecular weight is 152 g/mol. The van der Waals surface area contributed by atoms with E-state index in [2.05, 4.69) is 32.6 Å². The number of unbranched alkanes of at least 4 members (excludes halogenated alkanes) is 3. The lowest BCUT2D eigenvalue weighted by Crippen LogP contribution is -1.81. The number of hydrogen-bond acceptors (Lipinski definition) is 0. The topological polar surface area (TPSA) is 0 Å². The van der Waals surface area contributed by atoms with Crippen molar-refractivity contribution in [2.75, 3.05) is 0 Å². The normalized spacial score (nSPS) is 9.45. The molecule has 0 aliphatic heterocycles. The van der Waals surface area contributed by atoms with Gasteiger partial charge in [-0.05, 0) is 12.3 Å². The molecule has 0 aromatic heterocycles. The van der Waals surface area contributed by atoms with Crippen LogP contribution in [0.1, 0.15) is 52.9 Å². The van der Waals surface area contributed by atoms with Crippen LogP contribution in [-0.4, -0.2) is 0 Å². The predicted octanol–water partition coefficient (Wildman–Crippen LogP) is 3.62. The van der Waals surface area contributed by atoms with E-state index in [1.54, 1.807) is 0 Å². The maximum absolute atomic E-state index is 3.20. The molecule has 0 saturated heterocycles. The molecule has 0 aliphatic carbocycles. The van der Waals surface area contributed by atoms with E-state index in [0.717, 1.165) is 18.8 Å². The maximum Gasteiger partial charge on any atom is 0.0112 e. The fraction of sp³-hybridized carbons (Fsp3) is 0.818. The standard InChI is InChI=1S/C11H20/c1-4-5-6-7-8-9-10-11(2)3/h11H,4-7,10H2,1-3H3. The minimum absolute atomic E-state index is 0.730. The summed E-state index contributed by atoms with van der Waals surface area (Å²) >= 11 is 0. The average Bonchev–Trinajstić information content (AvgIpc) is 1.96. The zero-order valence-electron chi connectivity index (χ0n) is 8.11. The van der Waals surface area contributed by atoms with Gasteiger partial charge in [0.05, 0.1) is 0 Å². The first kappa shape index (κ1) is 10.6. The van der Waals surface area contributed by atoms with Crippen molar-refractivity contribution in [2.45, 2.75) is 52.9 Å². The second-order valence-electron chi connectivity index (χ2n) is 3.41. The fourth-order valence-corrected chi connectivity index (χ4v) is 0.828. The van der Waals surface area contributed by atoms with Gasteiger partial charge in [-0.15, -0.1) is 11.8 Å². The minimum Gasteiger partial charge on any atom is -0.103 e. The van der Waals surface area contributed by atoms with Crippen LogP contribution in [0.25, 0.3) is 0 Å². The Morgan fingerprint density at radius 2 is 1.82 bits per heavy atom. The zero-order chi connectivity index (χ0) is 8.53. The second kappa shape index (κ2) is 7.66. The van der Waals surface area contributed by atoms with E-state index >= 15 is 0 Å². The molecule has 0 fully saturated rings. The van der Waals surface area contributed by atoms with Crippen LogP contribution in [0.2, 0.25) is 0 Å². The third kappa shape index (κ3) is 9.56. The van der Waals surface area contributed by atoms with Crippen molar-refractivity contribution < 1.29 is 0 Å². The summed E-state index contributed by atoms with van der Waals surface area (Å²) in [6.07, 6.45) is 6.07. The van der Waals surface area contributed by atoms with Gasteiger partial charge in [-0.3, -0.25) is 0 Å². The minimum atomic E-state index is 0.730. The van der Waals surface area contributed by atoms with E-state index < -0.39 is 0 Å². The molecular formula is C11H20. The third-order valence-electron chi connectivity index (χ3n) is 1.54. The quantitative estimate of drug-likeness (QED) is 0.426. The highest BCUT2D eigenvalue weighted by molar-refractivity contribution is 4.98. The summed E-state index contributed by atoms with van der Waals surface area (Å²) in [6, 6.07) is 0. The van der Waals surface area contributed by atoms with Crippen molar-refractivity contribution in [1.82, 2.24) is 0 Å². The Morgan fingerprint density at radius 1 is 1.09 bits per heavy atom. The summed E-state index contributed by atoms with van der Waals surface area (Å²) in [4.78, 5) is 0. The van der Waals surface area contributed by atoms with Crippen molar-refractivity contribution in [3.05, 3.63) is 0 Å². The van der Waals surface area contributed by atoms with Gasteiger partial charge in [-0.2, -0.15) is 0 Å². The van der Waals surface area contributed by atoms with E-state index in [1.807, 2.05) is 0 Å². The summed E-state index contributed by atoms with van der Waals surface area (Å²) in [5.74, 6) is 7.13. The number of hydrogen-bond donors (Lipinski definition) is 0. The molecule has 0 spiro atoms. The summed E-state index contributed by atoms with van der Waals surface area (Å²) in [5, 5.41) is 0. The van der Waals surface area contributed by atoms with Crippen LogP contribution in [0, 0.1) is 17.8 Å². The molecule has 11 heavy (non-hydrogen) atoms. The lowest BCUT2D eigenvalue weighted by atomic mass is 10.1. The van der Waals surface area contributed by atoms with Gasteiger partial charge in [0.1, 0.15) is 0 Å². The molecule has 0 aromatic carbocycles. The second-order valence-corrected chi connectivity index (χ2v) is 3.41. The first-order valence-electron chi connectivity index (χ1n) is 4.73. The Morgan fingerprint density at radius 3 is 2.36 bits per heavy atom. The molecule has 0 amide bonds. The van der Waals surface area contributed by atoms with E-state index in [-0.39, 0.29) is 0 Å². The van der Waals surface area contributed by atoms with Gasteiger partial charge in [-0.1, -0.05) is 33.6 Å². The van der Waals surface area contributed by atoms with Crippen LogP contribution in [0.5, 0.6) is 0 Å². The lowest BCUT2D eigenvalue weighted by Gasteiger charge is -1.93. The highest BCUT2D eigenvalue weighted by atomic mass is 13.9. The molecule has 0 heteroatoms. The summed E-state index contributed by atoms with van der Waals surface area (Å²) in [6.45, 7) is 6.64. The van der Waals surface area contributed by atoms with E-state index in [0.29, 0.717) is 0 Å². The summed E-state index contributed by atoms with van der Waals surface area (Å²) in [5.41, 5.74) is 0. The molecule has 0 bridgehead atoms. The van der Waals surface area contributed by atoms with Crippen LogP contribution in [0.4, 0.5) is 0 Å². The highest BCUT2D eigenvalue weighted by Gasteiger charge is 1.86. The van der Waals surface area contributed by atoms with Crippen molar-refractivity contribution in [3.8, 4) is 11.8 Å².